The number of carbonyl (C=O) groups excluding carboxylic acids is 1. The third-order valence-corrected chi connectivity index (χ3v) is 5.39. The van der Waals surface area contributed by atoms with Crippen LogP contribution in [0.1, 0.15) is 26.2 Å². The van der Waals surface area contributed by atoms with Crippen molar-refractivity contribution in [1.29, 1.82) is 0 Å². The Labute approximate surface area is 124 Å². The van der Waals surface area contributed by atoms with Crippen LogP contribution in [0.4, 0.5) is 0 Å². The van der Waals surface area contributed by atoms with E-state index >= 15 is 0 Å². The van der Waals surface area contributed by atoms with Crippen LogP contribution < -0.4 is 5.32 Å². The molecule has 6 heteroatoms. The van der Waals surface area contributed by atoms with E-state index in [2.05, 4.69) is 12.2 Å². The summed E-state index contributed by atoms with van der Waals surface area (Å²) in [5.74, 6) is 1.35. The number of hydrogen-bond acceptors (Lipinski definition) is 4. The van der Waals surface area contributed by atoms with Gasteiger partial charge in [-0.3, -0.25) is 4.79 Å². The van der Waals surface area contributed by atoms with Crippen molar-refractivity contribution >= 4 is 23.6 Å². The maximum atomic E-state index is 12.4. The fraction of sp³-hybridized carbons (Fsp3) is 0.857. The molecule has 2 saturated heterocycles. The first-order valence-corrected chi connectivity index (χ1v) is 8.55. The van der Waals surface area contributed by atoms with E-state index in [4.69, 9.17) is 0 Å². The lowest BCUT2D eigenvalue weighted by atomic mass is 9.85. The van der Waals surface area contributed by atoms with Crippen molar-refractivity contribution < 1.29 is 14.7 Å². The first-order chi connectivity index (χ1) is 9.59. The van der Waals surface area contributed by atoms with E-state index in [1.54, 1.807) is 16.7 Å². The fourth-order valence-electron chi connectivity index (χ4n) is 3.03. The number of carboxylic acids is 1. The van der Waals surface area contributed by atoms with Gasteiger partial charge in [-0.05, 0) is 37.8 Å². The topological polar surface area (TPSA) is 69.6 Å². The highest BCUT2D eigenvalue weighted by molar-refractivity contribution is 7.99. The molecule has 3 unspecified atom stereocenters. The van der Waals surface area contributed by atoms with Crippen molar-refractivity contribution in [3.63, 3.8) is 0 Å². The zero-order valence-electron chi connectivity index (χ0n) is 12.0. The van der Waals surface area contributed by atoms with Crippen LogP contribution in [0.3, 0.4) is 0 Å². The lowest BCUT2D eigenvalue weighted by Gasteiger charge is -2.35. The summed E-state index contributed by atoms with van der Waals surface area (Å²) < 4.78 is 0. The van der Waals surface area contributed by atoms with Gasteiger partial charge < -0.3 is 15.3 Å². The van der Waals surface area contributed by atoms with E-state index in [9.17, 15) is 14.7 Å². The average Bonchev–Trinajstić information content (AvgIpc) is 2.48. The van der Waals surface area contributed by atoms with Gasteiger partial charge in [0.05, 0.1) is 0 Å². The van der Waals surface area contributed by atoms with Crippen LogP contribution in [-0.2, 0) is 9.59 Å². The van der Waals surface area contributed by atoms with Gasteiger partial charge in [0.1, 0.15) is 6.04 Å². The predicted molar refractivity (Wildman–Crippen MR) is 79.8 cm³/mol. The van der Waals surface area contributed by atoms with Gasteiger partial charge in [-0.15, -0.1) is 0 Å². The van der Waals surface area contributed by atoms with E-state index in [-0.39, 0.29) is 5.91 Å². The highest BCUT2D eigenvalue weighted by Crippen LogP contribution is 2.25. The Morgan fingerprint density at radius 1 is 1.50 bits per heavy atom. The Morgan fingerprint density at radius 2 is 2.30 bits per heavy atom. The number of aliphatic carboxylic acids is 1. The summed E-state index contributed by atoms with van der Waals surface area (Å²) in [5.41, 5.74) is 0. The zero-order chi connectivity index (χ0) is 14.5. The lowest BCUT2D eigenvalue weighted by Crippen LogP contribution is -2.51. The molecule has 114 valence electrons. The second-order valence-electron chi connectivity index (χ2n) is 5.80. The molecule has 0 aromatic rings. The van der Waals surface area contributed by atoms with E-state index in [0.717, 1.165) is 18.8 Å². The Balaban J connectivity index is 1.90. The molecule has 2 N–H and O–H groups in total. The van der Waals surface area contributed by atoms with Crippen molar-refractivity contribution in [1.82, 2.24) is 10.2 Å². The summed E-state index contributed by atoms with van der Waals surface area (Å²) in [7, 11) is 0. The monoisotopic (exact) mass is 300 g/mol. The first kappa shape index (κ1) is 15.6. The van der Waals surface area contributed by atoms with Gasteiger partial charge in [-0.25, -0.2) is 4.79 Å². The molecule has 0 aromatic carbocycles. The first-order valence-electron chi connectivity index (χ1n) is 7.40. The van der Waals surface area contributed by atoms with E-state index in [1.807, 2.05) is 0 Å². The Morgan fingerprint density at radius 3 is 2.95 bits per heavy atom. The van der Waals surface area contributed by atoms with Crippen LogP contribution in [0.5, 0.6) is 0 Å². The maximum absolute atomic E-state index is 12.4. The normalized spacial score (nSPS) is 28.9. The van der Waals surface area contributed by atoms with Gasteiger partial charge in [-0.1, -0.05) is 6.92 Å². The molecule has 2 aliphatic rings. The van der Waals surface area contributed by atoms with Crippen LogP contribution in [0, 0.1) is 11.8 Å². The van der Waals surface area contributed by atoms with Gasteiger partial charge in [0.25, 0.3) is 0 Å². The molecule has 2 fully saturated rings. The molecule has 2 rings (SSSR count). The molecule has 20 heavy (non-hydrogen) atoms. The molecule has 0 spiro atoms. The molecule has 3 atom stereocenters. The Hall–Kier alpha value is -0.750. The summed E-state index contributed by atoms with van der Waals surface area (Å²) >= 11 is 1.61. The molecule has 0 saturated carbocycles. The standard InChI is InChI=1S/C14H24N2O3S/c1-10(11-3-2-4-15-8-11)7-13(17)16-5-6-20-9-12(16)14(18)19/h10-12,15H,2-9H2,1H3,(H,18,19). The van der Waals surface area contributed by atoms with Crippen LogP contribution in [0.2, 0.25) is 0 Å². The van der Waals surface area contributed by atoms with Crippen LogP contribution >= 0.6 is 11.8 Å². The van der Waals surface area contributed by atoms with Crippen molar-refractivity contribution in [2.75, 3.05) is 31.1 Å². The summed E-state index contributed by atoms with van der Waals surface area (Å²) in [6.07, 6.45) is 2.81. The Kier molecular flexibility index (Phi) is 5.72. The maximum Gasteiger partial charge on any atom is 0.327 e. The third kappa shape index (κ3) is 3.88. The number of hydrogen-bond donors (Lipinski definition) is 2. The molecule has 0 radical (unpaired) electrons. The largest absolute Gasteiger partial charge is 0.480 e. The van der Waals surface area contributed by atoms with E-state index in [0.29, 0.717) is 30.6 Å². The quantitative estimate of drug-likeness (QED) is 0.812. The minimum Gasteiger partial charge on any atom is -0.480 e. The third-order valence-electron chi connectivity index (χ3n) is 4.37. The van der Waals surface area contributed by atoms with Crippen molar-refractivity contribution in [2.24, 2.45) is 11.8 Å². The fourth-order valence-corrected chi connectivity index (χ4v) is 4.07. The van der Waals surface area contributed by atoms with Crippen LogP contribution in [0.25, 0.3) is 0 Å². The number of piperidine rings is 1. The number of thioether (sulfide) groups is 1. The number of rotatable bonds is 4. The van der Waals surface area contributed by atoms with Crippen LogP contribution in [0.15, 0.2) is 0 Å². The SMILES string of the molecule is CC(CC(=O)N1CCSCC1C(=O)O)C1CCCNC1. The van der Waals surface area contributed by atoms with Crippen molar-refractivity contribution in [3.8, 4) is 0 Å². The highest BCUT2D eigenvalue weighted by Gasteiger charge is 2.33. The average molecular weight is 300 g/mol. The van der Waals surface area contributed by atoms with E-state index < -0.39 is 12.0 Å². The van der Waals surface area contributed by atoms with Gasteiger partial charge >= 0.3 is 5.97 Å². The Bertz CT molecular complexity index is 358. The number of amides is 1. The molecule has 2 heterocycles. The van der Waals surface area contributed by atoms with Gasteiger partial charge in [0.2, 0.25) is 5.91 Å². The zero-order valence-corrected chi connectivity index (χ0v) is 12.8. The van der Waals surface area contributed by atoms with Gasteiger partial charge in [0.15, 0.2) is 0 Å². The lowest BCUT2D eigenvalue weighted by molar-refractivity contribution is -0.149. The smallest absolute Gasteiger partial charge is 0.327 e. The number of nitrogens with one attached hydrogen (secondary N) is 1. The molecule has 0 aliphatic carbocycles. The highest BCUT2D eigenvalue weighted by atomic mass is 32.2. The predicted octanol–water partition coefficient (Wildman–Crippen LogP) is 1.04. The number of carboxylic acid groups (broad SMARTS) is 1. The molecule has 0 bridgehead atoms. The second kappa shape index (κ2) is 7.31. The summed E-state index contributed by atoms with van der Waals surface area (Å²) in [4.78, 5) is 25.2. The van der Waals surface area contributed by atoms with Gasteiger partial charge in [-0.2, -0.15) is 11.8 Å². The molecule has 1 amide bonds. The number of nitrogens with zero attached hydrogens (tertiary/aromatic N) is 1. The molecule has 2 aliphatic heterocycles. The minimum atomic E-state index is -0.877. The van der Waals surface area contributed by atoms with Crippen molar-refractivity contribution in [2.45, 2.75) is 32.2 Å². The van der Waals surface area contributed by atoms with Gasteiger partial charge in [0, 0.05) is 24.5 Å². The van der Waals surface area contributed by atoms with Crippen molar-refractivity contribution in [3.05, 3.63) is 0 Å². The summed E-state index contributed by atoms with van der Waals surface area (Å²) in [6, 6.07) is -0.641. The van der Waals surface area contributed by atoms with E-state index in [1.165, 1.54) is 12.8 Å². The molecular formula is C14H24N2O3S. The molecular weight excluding hydrogens is 276 g/mol. The summed E-state index contributed by atoms with van der Waals surface area (Å²) in [5, 5.41) is 12.6. The second-order valence-corrected chi connectivity index (χ2v) is 6.95. The summed E-state index contributed by atoms with van der Waals surface area (Å²) in [6.45, 7) is 4.73. The minimum absolute atomic E-state index is 0.00998. The van der Waals surface area contributed by atoms with Crippen LogP contribution in [-0.4, -0.2) is 59.1 Å². The molecule has 5 nitrogen and oxygen atoms in total. The molecule has 0 aromatic heterocycles. The number of carbonyl (C=O) groups is 2.